The first-order valence-electron chi connectivity index (χ1n) is 5.52. The van der Waals surface area contributed by atoms with Crippen LogP contribution in [0.3, 0.4) is 0 Å². The second-order valence-corrected chi connectivity index (χ2v) is 4.53. The van der Waals surface area contributed by atoms with E-state index in [0.717, 1.165) is 25.4 Å². The number of rotatable bonds is 2. The van der Waals surface area contributed by atoms with Crippen molar-refractivity contribution in [2.24, 2.45) is 0 Å². The average molecular weight is 241 g/mol. The molecule has 1 unspecified atom stereocenters. The quantitative estimate of drug-likeness (QED) is 0.857. The number of hydrogen-bond acceptors (Lipinski definition) is 3. The molecule has 88 valence electrons. The maximum Gasteiger partial charge on any atom is 0.137 e. The van der Waals surface area contributed by atoms with Gasteiger partial charge in [-0.1, -0.05) is 11.6 Å². The van der Waals surface area contributed by atoms with E-state index in [1.807, 2.05) is 12.1 Å². The van der Waals surface area contributed by atoms with Crippen LogP contribution >= 0.6 is 11.6 Å². The number of benzene rings is 1. The van der Waals surface area contributed by atoms with Crippen LogP contribution in [-0.4, -0.2) is 32.8 Å². The first-order chi connectivity index (χ1) is 7.70. The van der Waals surface area contributed by atoms with E-state index in [4.69, 9.17) is 16.3 Å². The molecule has 1 atom stereocenters. The van der Waals surface area contributed by atoms with Crippen molar-refractivity contribution in [3.63, 3.8) is 0 Å². The summed E-state index contributed by atoms with van der Waals surface area (Å²) in [6, 6.07) is 6.47. The Morgan fingerprint density at radius 3 is 2.94 bits per heavy atom. The summed E-state index contributed by atoms with van der Waals surface area (Å²) in [5, 5.41) is 4.09. The number of piperazine rings is 1. The molecule has 1 heterocycles. The fourth-order valence-electron chi connectivity index (χ4n) is 2.02. The van der Waals surface area contributed by atoms with Crippen LogP contribution in [0.4, 0.5) is 5.69 Å². The van der Waals surface area contributed by atoms with Crippen molar-refractivity contribution >= 4 is 17.3 Å². The molecule has 3 nitrogen and oxygen atoms in total. The molecule has 1 N–H and O–H groups in total. The molecular weight excluding hydrogens is 224 g/mol. The van der Waals surface area contributed by atoms with E-state index >= 15 is 0 Å². The zero-order chi connectivity index (χ0) is 11.5. The molecule has 1 aliphatic rings. The molecule has 16 heavy (non-hydrogen) atoms. The lowest BCUT2D eigenvalue weighted by molar-refractivity contribution is 0.415. The van der Waals surface area contributed by atoms with Gasteiger partial charge in [-0.2, -0.15) is 0 Å². The second kappa shape index (κ2) is 4.93. The first kappa shape index (κ1) is 11.6. The molecule has 0 bridgehead atoms. The van der Waals surface area contributed by atoms with Crippen molar-refractivity contribution in [2.45, 2.75) is 13.0 Å². The van der Waals surface area contributed by atoms with Gasteiger partial charge in [0.15, 0.2) is 0 Å². The van der Waals surface area contributed by atoms with E-state index in [-0.39, 0.29) is 0 Å². The van der Waals surface area contributed by atoms with Crippen LogP contribution in [0.5, 0.6) is 5.75 Å². The summed E-state index contributed by atoms with van der Waals surface area (Å²) in [7, 11) is 1.63. The zero-order valence-corrected chi connectivity index (χ0v) is 10.4. The van der Waals surface area contributed by atoms with Gasteiger partial charge >= 0.3 is 0 Å². The molecule has 1 fully saturated rings. The highest BCUT2D eigenvalue weighted by Crippen LogP contribution is 2.29. The van der Waals surface area contributed by atoms with Crippen LogP contribution in [0.2, 0.25) is 5.02 Å². The predicted octanol–water partition coefficient (Wildman–Crippen LogP) is 2.15. The molecule has 1 aromatic rings. The van der Waals surface area contributed by atoms with Crippen LogP contribution in [0.15, 0.2) is 18.2 Å². The molecule has 0 aliphatic carbocycles. The Balaban J connectivity index is 2.17. The van der Waals surface area contributed by atoms with Crippen LogP contribution in [0, 0.1) is 0 Å². The van der Waals surface area contributed by atoms with Crippen LogP contribution in [0.25, 0.3) is 0 Å². The van der Waals surface area contributed by atoms with Crippen molar-refractivity contribution in [3.05, 3.63) is 23.2 Å². The third kappa shape index (κ3) is 2.42. The Morgan fingerprint density at radius 1 is 1.50 bits per heavy atom. The lowest BCUT2D eigenvalue weighted by Gasteiger charge is -2.33. The minimum Gasteiger partial charge on any atom is -0.495 e. The molecule has 2 rings (SSSR count). The van der Waals surface area contributed by atoms with E-state index in [1.165, 1.54) is 5.69 Å². The van der Waals surface area contributed by atoms with Gasteiger partial charge in [0.25, 0.3) is 0 Å². The van der Waals surface area contributed by atoms with Gasteiger partial charge in [0.05, 0.1) is 12.1 Å². The van der Waals surface area contributed by atoms with Crippen molar-refractivity contribution < 1.29 is 4.74 Å². The van der Waals surface area contributed by atoms with Gasteiger partial charge in [-0.15, -0.1) is 0 Å². The summed E-state index contributed by atoms with van der Waals surface area (Å²) in [6.45, 7) is 5.25. The highest BCUT2D eigenvalue weighted by atomic mass is 35.5. The first-order valence-corrected chi connectivity index (χ1v) is 5.90. The van der Waals surface area contributed by atoms with Gasteiger partial charge in [-0.25, -0.2) is 0 Å². The van der Waals surface area contributed by atoms with Crippen LogP contribution < -0.4 is 15.0 Å². The molecule has 0 radical (unpaired) electrons. The number of halogens is 1. The van der Waals surface area contributed by atoms with E-state index in [2.05, 4.69) is 23.2 Å². The van der Waals surface area contributed by atoms with Gasteiger partial charge in [0, 0.05) is 31.4 Å². The maximum absolute atomic E-state index is 6.12. The van der Waals surface area contributed by atoms with Crippen molar-refractivity contribution in [1.29, 1.82) is 0 Å². The number of methoxy groups -OCH3 is 1. The molecule has 0 amide bonds. The zero-order valence-electron chi connectivity index (χ0n) is 9.66. The van der Waals surface area contributed by atoms with E-state index in [1.54, 1.807) is 7.11 Å². The van der Waals surface area contributed by atoms with Crippen molar-refractivity contribution in [3.8, 4) is 5.75 Å². The summed E-state index contributed by atoms with van der Waals surface area (Å²) in [5.74, 6) is 0.730. The lowest BCUT2D eigenvalue weighted by Crippen LogP contribution is -2.49. The normalized spacial score (nSPS) is 20.9. The maximum atomic E-state index is 6.12. The van der Waals surface area contributed by atoms with E-state index < -0.39 is 0 Å². The van der Waals surface area contributed by atoms with Crippen molar-refractivity contribution in [2.75, 3.05) is 31.6 Å². The minimum absolute atomic E-state index is 0.523. The van der Waals surface area contributed by atoms with E-state index in [9.17, 15) is 0 Å². The largest absolute Gasteiger partial charge is 0.495 e. The fraction of sp³-hybridized carbons (Fsp3) is 0.500. The summed E-state index contributed by atoms with van der Waals surface area (Å²) in [4.78, 5) is 2.34. The number of nitrogens with one attached hydrogen (secondary N) is 1. The summed E-state index contributed by atoms with van der Waals surface area (Å²) in [5.41, 5.74) is 1.17. The molecule has 0 aromatic heterocycles. The number of anilines is 1. The molecule has 1 aliphatic heterocycles. The highest BCUT2D eigenvalue weighted by Gasteiger charge is 2.16. The molecule has 1 aromatic carbocycles. The van der Waals surface area contributed by atoms with Crippen molar-refractivity contribution in [1.82, 2.24) is 5.32 Å². The van der Waals surface area contributed by atoms with Crippen LogP contribution in [0.1, 0.15) is 6.92 Å². The Morgan fingerprint density at radius 2 is 2.31 bits per heavy atom. The molecule has 4 heteroatoms. The Labute approximate surface area is 101 Å². The summed E-state index contributed by atoms with van der Waals surface area (Å²) < 4.78 is 5.15. The summed E-state index contributed by atoms with van der Waals surface area (Å²) >= 11 is 6.12. The average Bonchev–Trinajstić information content (AvgIpc) is 2.29. The van der Waals surface area contributed by atoms with Gasteiger partial charge < -0.3 is 15.0 Å². The molecule has 0 spiro atoms. The molecule has 0 saturated carbocycles. The SMILES string of the molecule is COc1ccc(N2CCNC(C)C2)cc1Cl. The fourth-order valence-corrected chi connectivity index (χ4v) is 2.27. The summed E-state index contributed by atoms with van der Waals surface area (Å²) in [6.07, 6.45) is 0. The Kier molecular flexibility index (Phi) is 3.56. The Bertz CT molecular complexity index is 370. The highest BCUT2D eigenvalue weighted by molar-refractivity contribution is 6.32. The van der Waals surface area contributed by atoms with Gasteiger partial charge in [-0.3, -0.25) is 0 Å². The predicted molar refractivity (Wildman–Crippen MR) is 67.7 cm³/mol. The second-order valence-electron chi connectivity index (χ2n) is 4.12. The van der Waals surface area contributed by atoms with Crippen LogP contribution in [-0.2, 0) is 0 Å². The number of nitrogens with zero attached hydrogens (tertiary/aromatic N) is 1. The molecule has 1 saturated heterocycles. The van der Waals surface area contributed by atoms with Gasteiger partial charge in [0.1, 0.15) is 5.75 Å². The smallest absolute Gasteiger partial charge is 0.137 e. The van der Waals surface area contributed by atoms with E-state index in [0.29, 0.717) is 11.1 Å². The third-order valence-electron chi connectivity index (χ3n) is 2.87. The van der Waals surface area contributed by atoms with Gasteiger partial charge in [-0.05, 0) is 25.1 Å². The molecular formula is C12H17ClN2O. The Hall–Kier alpha value is -0.930. The number of ether oxygens (including phenoxy) is 1. The topological polar surface area (TPSA) is 24.5 Å². The monoisotopic (exact) mass is 240 g/mol. The standard InChI is InChI=1S/C12H17ClN2O/c1-9-8-15(6-5-14-9)10-3-4-12(16-2)11(13)7-10/h3-4,7,9,14H,5-6,8H2,1-2H3. The minimum atomic E-state index is 0.523. The lowest BCUT2D eigenvalue weighted by atomic mass is 10.2. The third-order valence-corrected chi connectivity index (χ3v) is 3.16. The number of hydrogen-bond donors (Lipinski definition) is 1. The van der Waals surface area contributed by atoms with Gasteiger partial charge in [0.2, 0.25) is 0 Å².